The molecule has 0 radical (unpaired) electrons. The molecule has 0 saturated carbocycles. The summed E-state index contributed by atoms with van der Waals surface area (Å²) in [6.45, 7) is 1.85. The molecule has 0 spiro atoms. The molecule has 6 heteroatoms. The van der Waals surface area contributed by atoms with Crippen LogP contribution >= 0.6 is 15.9 Å². The van der Waals surface area contributed by atoms with Gasteiger partial charge in [0.05, 0.1) is 11.1 Å². The minimum Gasteiger partial charge on any atom is -0.478 e. The summed E-state index contributed by atoms with van der Waals surface area (Å²) in [4.78, 5) is 22.9. The Labute approximate surface area is 128 Å². The molecule has 0 aliphatic heterocycles. The first-order chi connectivity index (χ1) is 9.90. The zero-order chi connectivity index (χ0) is 15.6. The Morgan fingerprint density at radius 1 is 1.19 bits per heavy atom. The lowest BCUT2D eigenvalue weighted by molar-refractivity contribution is 0.0692. The largest absolute Gasteiger partial charge is 0.478 e. The Kier molecular flexibility index (Phi) is 4.37. The second-order valence-corrected chi connectivity index (χ2v) is 5.18. The molecule has 0 aliphatic rings. The van der Waals surface area contributed by atoms with Gasteiger partial charge in [0.15, 0.2) is 0 Å². The van der Waals surface area contributed by atoms with Crippen molar-refractivity contribution >= 4 is 33.5 Å². The molecule has 0 unspecified atom stereocenters. The van der Waals surface area contributed by atoms with Gasteiger partial charge < -0.3 is 10.4 Å². The molecule has 1 amide bonds. The Bertz CT molecular complexity index is 731. The molecule has 0 atom stereocenters. The fourth-order valence-corrected chi connectivity index (χ4v) is 2.23. The Balaban J connectivity index is 2.26. The van der Waals surface area contributed by atoms with Gasteiger partial charge in [-0.05, 0) is 52.7 Å². The summed E-state index contributed by atoms with van der Waals surface area (Å²) in [6, 6.07) is 8.65. The van der Waals surface area contributed by atoms with Crippen LogP contribution in [0.15, 0.2) is 40.9 Å². The molecular weight excluding hydrogens is 341 g/mol. The zero-order valence-electron chi connectivity index (χ0n) is 11.0. The molecule has 0 saturated heterocycles. The summed E-state index contributed by atoms with van der Waals surface area (Å²) >= 11 is 3.33. The SMILES string of the molecule is Cc1cccc(C(=O)Nc2ccc(C(=O)O)c(F)c2)c1Br. The number of carboxylic acid groups (broad SMARTS) is 1. The van der Waals surface area contributed by atoms with E-state index in [1.807, 2.05) is 13.0 Å². The second kappa shape index (κ2) is 6.05. The van der Waals surface area contributed by atoms with E-state index in [0.29, 0.717) is 10.0 Å². The second-order valence-electron chi connectivity index (χ2n) is 4.39. The Hall–Kier alpha value is -2.21. The normalized spacial score (nSPS) is 10.2. The van der Waals surface area contributed by atoms with Crippen LogP contribution in [0.3, 0.4) is 0 Å². The number of benzene rings is 2. The number of carboxylic acids is 1. The van der Waals surface area contributed by atoms with Crippen LogP contribution in [-0.4, -0.2) is 17.0 Å². The smallest absolute Gasteiger partial charge is 0.338 e. The highest BCUT2D eigenvalue weighted by molar-refractivity contribution is 9.10. The van der Waals surface area contributed by atoms with Crippen LogP contribution < -0.4 is 5.32 Å². The summed E-state index contributed by atoms with van der Waals surface area (Å²) < 4.78 is 14.2. The van der Waals surface area contributed by atoms with E-state index in [2.05, 4.69) is 21.2 Å². The zero-order valence-corrected chi connectivity index (χ0v) is 12.6. The van der Waals surface area contributed by atoms with Crippen LogP contribution in [0, 0.1) is 12.7 Å². The third-order valence-corrected chi connectivity index (χ3v) is 3.95. The highest BCUT2D eigenvalue weighted by Gasteiger charge is 2.14. The number of anilines is 1. The van der Waals surface area contributed by atoms with Gasteiger partial charge in [-0.3, -0.25) is 4.79 Å². The number of rotatable bonds is 3. The fraction of sp³-hybridized carbons (Fsp3) is 0.0667. The van der Waals surface area contributed by atoms with E-state index >= 15 is 0 Å². The molecule has 2 aromatic rings. The molecule has 21 heavy (non-hydrogen) atoms. The molecule has 0 bridgehead atoms. The van der Waals surface area contributed by atoms with Crippen molar-refractivity contribution in [3.63, 3.8) is 0 Å². The first kappa shape index (κ1) is 15.2. The maximum atomic E-state index is 13.6. The first-order valence-corrected chi connectivity index (χ1v) is 6.78. The van der Waals surface area contributed by atoms with Crippen LogP contribution in [0.4, 0.5) is 10.1 Å². The molecule has 0 aliphatic carbocycles. The molecule has 0 heterocycles. The number of hydrogen-bond donors (Lipinski definition) is 2. The van der Waals surface area contributed by atoms with Crippen molar-refractivity contribution in [1.82, 2.24) is 0 Å². The van der Waals surface area contributed by atoms with Crippen LogP contribution in [0.25, 0.3) is 0 Å². The first-order valence-electron chi connectivity index (χ1n) is 5.99. The number of carbonyl (C=O) groups excluding carboxylic acids is 1. The monoisotopic (exact) mass is 351 g/mol. The van der Waals surface area contributed by atoms with E-state index in [1.54, 1.807) is 12.1 Å². The average molecular weight is 352 g/mol. The standard InChI is InChI=1S/C15H11BrFNO3/c1-8-3-2-4-11(13(8)16)14(19)18-9-5-6-10(15(20)21)12(17)7-9/h2-7H,1H3,(H,18,19)(H,20,21). The minimum atomic E-state index is -1.35. The highest BCUT2D eigenvalue weighted by atomic mass is 79.9. The minimum absolute atomic E-state index is 0.191. The third-order valence-electron chi connectivity index (χ3n) is 2.89. The van der Waals surface area contributed by atoms with Gasteiger partial charge in [-0.1, -0.05) is 12.1 Å². The molecule has 2 N–H and O–H groups in total. The van der Waals surface area contributed by atoms with Gasteiger partial charge in [0, 0.05) is 10.2 Å². The van der Waals surface area contributed by atoms with E-state index < -0.39 is 23.3 Å². The van der Waals surface area contributed by atoms with Crippen molar-refractivity contribution in [3.8, 4) is 0 Å². The van der Waals surface area contributed by atoms with Gasteiger partial charge in [-0.15, -0.1) is 0 Å². The van der Waals surface area contributed by atoms with Crippen LogP contribution in [0.1, 0.15) is 26.3 Å². The number of aromatic carboxylic acids is 1. The highest BCUT2D eigenvalue weighted by Crippen LogP contribution is 2.22. The summed E-state index contributed by atoms with van der Waals surface area (Å²) in [5, 5.41) is 11.3. The third kappa shape index (κ3) is 3.28. The Morgan fingerprint density at radius 3 is 2.52 bits per heavy atom. The number of aryl methyl sites for hydroxylation is 1. The number of nitrogens with one attached hydrogen (secondary N) is 1. The van der Waals surface area contributed by atoms with Gasteiger partial charge in [-0.2, -0.15) is 0 Å². The van der Waals surface area contributed by atoms with Crippen molar-refractivity contribution in [2.75, 3.05) is 5.32 Å². The summed E-state index contributed by atoms with van der Waals surface area (Å²) in [5.41, 5.74) is 1.06. The van der Waals surface area contributed by atoms with E-state index in [9.17, 15) is 14.0 Å². The van der Waals surface area contributed by atoms with Gasteiger partial charge in [0.25, 0.3) is 5.91 Å². The van der Waals surface area contributed by atoms with E-state index in [-0.39, 0.29) is 5.69 Å². The van der Waals surface area contributed by atoms with Crippen molar-refractivity contribution < 1.29 is 19.1 Å². The predicted octanol–water partition coefficient (Wildman–Crippen LogP) is 3.85. The topological polar surface area (TPSA) is 66.4 Å². The fourth-order valence-electron chi connectivity index (χ4n) is 1.79. The van der Waals surface area contributed by atoms with Crippen molar-refractivity contribution in [1.29, 1.82) is 0 Å². The van der Waals surface area contributed by atoms with E-state index in [1.165, 1.54) is 6.07 Å². The molecule has 108 valence electrons. The Morgan fingerprint density at radius 2 is 1.90 bits per heavy atom. The number of hydrogen-bond acceptors (Lipinski definition) is 2. The predicted molar refractivity (Wildman–Crippen MR) is 80.2 cm³/mol. The van der Waals surface area contributed by atoms with Crippen molar-refractivity contribution in [3.05, 3.63) is 63.4 Å². The van der Waals surface area contributed by atoms with E-state index in [4.69, 9.17) is 5.11 Å². The van der Waals surface area contributed by atoms with Crippen molar-refractivity contribution in [2.45, 2.75) is 6.92 Å². The van der Waals surface area contributed by atoms with Gasteiger partial charge in [-0.25, -0.2) is 9.18 Å². The number of halogens is 2. The van der Waals surface area contributed by atoms with E-state index in [0.717, 1.165) is 17.7 Å². The lowest BCUT2D eigenvalue weighted by atomic mass is 10.1. The summed E-state index contributed by atoms with van der Waals surface area (Å²) in [6.07, 6.45) is 0. The molecule has 0 aromatic heterocycles. The maximum Gasteiger partial charge on any atom is 0.338 e. The summed E-state index contributed by atoms with van der Waals surface area (Å²) in [7, 11) is 0. The molecule has 4 nitrogen and oxygen atoms in total. The maximum absolute atomic E-state index is 13.6. The van der Waals surface area contributed by atoms with Crippen LogP contribution in [0.5, 0.6) is 0 Å². The molecular formula is C15H11BrFNO3. The number of carbonyl (C=O) groups is 2. The molecule has 2 rings (SSSR count). The van der Waals surface area contributed by atoms with Crippen LogP contribution in [0.2, 0.25) is 0 Å². The quantitative estimate of drug-likeness (QED) is 0.882. The van der Waals surface area contributed by atoms with Gasteiger partial charge >= 0.3 is 5.97 Å². The lowest BCUT2D eigenvalue weighted by Crippen LogP contribution is -2.13. The van der Waals surface area contributed by atoms with Gasteiger partial charge in [0.1, 0.15) is 5.82 Å². The number of amides is 1. The van der Waals surface area contributed by atoms with Gasteiger partial charge in [0.2, 0.25) is 0 Å². The van der Waals surface area contributed by atoms with Crippen LogP contribution in [-0.2, 0) is 0 Å². The average Bonchev–Trinajstić information content (AvgIpc) is 2.41. The molecule has 0 fully saturated rings. The van der Waals surface area contributed by atoms with Crippen molar-refractivity contribution in [2.24, 2.45) is 0 Å². The lowest BCUT2D eigenvalue weighted by Gasteiger charge is -2.09. The summed E-state index contributed by atoms with van der Waals surface area (Å²) in [5.74, 6) is -2.66. The molecule has 2 aromatic carbocycles.